The van der Waals surface area contributed by atoms with Crippen LogP contribution in [0.5, 0.6) is 5.75 Å². The summed E-state index contributed by atoms with van der Waals surface area (Å²) in [4.78, 5) is 18.7. The van der Waals surface area contributed by atoms with E-state index >= 15 is 0 Å². The van der Waals surface area contributed by atoms with Crippen molar-refractivity contribution in [3.63, 3.8) is 0 Å². The van der Waals surface area contributed by atoms with Crippen LogP contribution in [-0.4, -0.2) is 54.3 Å². The molecule has 7 heteroatoms. The summed E-state index contributed by atoms with van der Waals surface area (Å²) in [5.74, 6) is 1.63. The largest absolute Gasteiger partial charge is 0.497 e. The molecule has 0 saturated heterocycles. The molecule has 0 fully saturated rings. The molecule has 0 spiro atoms. The third-order valence-electron chi connectivity index (χ3n) is 3.64. The molecule has 0 unspecified atom stereocenters. The summed E-state index contributed by atoms with van der Waals surface area (Å²) < 4.78 is 5.29. The van der Waals surface area contributed by atoms with Crippen LogP contribution in [0.4, 0.5) is 5.69 Å². The Bertz CT molecular complexity index is 676. The smallest absolute Gasteiger partial charge is 0.225 e. The molecule has 24 heavy (non-hydrogen) atoms. The van der Waals surface area contributed by atoms with Gasteiger partial charge >= 0.3 is 0 Å². The Hall–Kier alpha value is -1.56. The molecule has 1 heterocycles. The van der Waals surface area contributed by atoms with Gasteiger partial charge in [-0.05, 0) is 12.1 Å². The third-order valence-corrected chi connectivity index (χ3v) is 3.98. The normalized spacial score (nSPS) is 11.0. The highest BCUT2D eigenvalue weighted by molar-refractivity contribution is 6.18. The van der Waals surface area contributed by atoms with Gasteiger partial charge in [-0.15, -0.1) is 23.2 Å². The van der Waals surface area contributed by atoms with Gasteiger partial charge in [0, 0.05) is 55.5 Å². The maximum absolute atomic E-state index is 12.3. The lowest BCUT2D eigenvalue weighted by Gasteiger charge is -2.19. The van der Waals surface area contributed by atoms with Crippen molar-refractivity contribution in [1.82, 2.24) is 9.88 Å². The topological polar surface area (TPSA) is 54.5 Å². The summed E-state index contributed by atoms with van der Waals surface area (Å²) in [5, 5.41) is 3.84. The van der Waals surface area contributed by atoms with E-state index in [1.165, 1.54) is 0 Å². The fourth-order valence-electron chi connectivity index (χ4n) is 2.42. The molecule has 0 radical (unpaired) electrons. The summed E-state index contributed by atoms with van der Waals surface area (Å²) in [7, 11) is 1.60. The van der Waals surface area contributed by atoms with Crippen molar-refractivity contribution >= 4 is 45.7 Å². The van der Waals surface area contributed by atoms with E-state index in [4.69, 9.17) is 27.9 Å². The minimum atomic E-state index is -0.0793. The lowest BCUT2D eigenvalue weighted by Crippen LogP contribution is -2.31. The van der Waals surface area contributed by atoms with Crippen LogP contribution < -0.4 is 10.1 Å². The van der Waals surface area contributed by atoms with Crippen LogP contribution in [0.3, 0.4) is 0 Å². The summed E-state index contributed by atoms with van der Waals surface area (Å²) >= 11 is 11.5. The molecular weight excluding hydrogens is 349 g/mol. The van der Waals surface area contributed by atoms with Gasteiger partial charge in [-0.3, -0.25) is 9.78 Å². The van der Waals surface area contributed by atoms with E-state index in [0.717, 1.165) is 10.9 Å². The number of fused-ring (bicyclic) bond motifs is 1. The highest BCUT2D eigenvalue weighted by atomic mass is 35.5. The Morgan fingerprint density at radius 1 is 1.25 bits per heavy atom. The van der Waals surface area contributed by atoms with Gasteiger partial charge in [-0.1, -0.05) is 6.07 Å². The number of pyridine rings is 1. The van der Waals surface area contributed by atoms with Gasteiger partial charge in [0.15, 0.2) is 0 Å². The van der Waals surface area contributed by atoms with Crippen molar-refractivity contribution in [2.75, 3.05) is 43.8 Å². The van der Waals surface area contributed by atoms with E-state index in [9.17, 15) is 4.79 Å². The van der Waals surface area contributed by atoms with Crippen molar-refractivity contribution in [2.45, 2.75) is 6.42 Å². The number of hydrogen-bond donors (Lipinski definition) is 1. The summed E-state index contributed by atoms with van der Waals surface area (Å²) in [5.41, 5.74) is 1.39. The number of ether oxygens (including phenoxy) is 1. The Labute approximate surface area is 151 Å². The van der Waals surface area contributed by atoms with Gasteiger partial charge in [0.1, 0.15) is 5.75 Å². The Kier molecular flexibility index (Phi) is 7.56. The molecule has 5 nitrogen and oxygen atoms in total. The van der Waals surface area contributed by atoms with E-state index in [-0.39, 0.29) is 5.91 Å². The van der Waals surface area contributed by atoms with Crippen LogP contribution in [-0.2, 0) is 4.79 Å². The number of hydrogen-bond acceptors (Lipinski definition) is 4. The number of carbonyl (C=O) groups excluding carboxylic acids is 1. The zero-order chi connectivity index (χ0) is 17.4. The molecular formula is C17H21Cl2N3O2. The molecule has 0 bridgehead atoms. The number of benzene rings is 1. The highest BCUT2D eigenvalue weighted by Gasteiger charge is 2.11. The standard InChI is InChI=1S/C17H21Cl2N3O2/c1-24-14-11-13-3-2-7-20-17(13)15(12-14)21-16(23)4-8-22(9-5-18)10-6-19/h2-3,7,11-12H,4-6,8-10H2,1H3,(H,21,23). The van der Waals surface area contributed by atoms with Crippen molar-refractivity contribution in [3.05, 3.63) is 30.5 Å². The number of amides is 1. The number of nitrogens with zero attached hydrogens (tertiary/aromatic N) is 2. The van der Waals surface area contributed by atoms with E-state index < -0.39 is 0 Å². The first kappa shape index (κ1) is 18.8. The Balaban J connectivity index is 2.07. The van der Waals surface area contributed by atoms with Crippen LogP contribution in [0.1, 0.15) is 6.42 Å². The van der Waals surface area contributed by atoms with Crippen LogP contribution in [0.25, 0.3) is 10.9 Å². The zero-order valence-electron chi connectivity index (χ0n) is 13.6. The first-order valence-electron chi connectivity index (χ1n) is 7.75. The minimum Gasteiger partial charge on any atom is -0.497 e. The lowest BCUT2D eigenvalue weighted by atomic mass is 10.1. The summed E-state index contributed by atoms with van der Waals surface area (Å²) in [6.45, 7) is 2.04. The van der Waals surface area contributed by atoms with Gasteiger partial charge in [0.05, 0.1) is 18.3 Å². The van der Waals surface area contributed by atoms with Gasteiger partial charge in [-0.2, -0.15) is 0 Å². The molecule has 0 aliphatic carbocycles. The lowest BCUT2D eigenvalue weighted by molar-refractivity contribution is -0.116. The van der Waals surface area contributed by atoms with E-state index in [1.54, 1.807) is 19.4 Å². The van der Waals surface area contributed by atoms with Gasteiger partial charge < -0.3 is 15.0 Å². The molecule has 1 N–H and O–H groups in total. The zero-order valence-corrected chi connectivity index (χ0v) is 15.1. The van der Waals surface area contributed by atoms with Gasteiger partial charge in [0.2, 0.25) is 5.91 Å². The van der Waals surface area contributed by atoms with Crippen LogP contribution >= 0.6 is 23.2 Å². The van der Waals surface area contributed by atoms with Crippen molar-refractivity contribution < 1.29 is 9.53 Å². The quantitative estimate of drug-likeness (QED) is 0.688. The number of aromatic nitrogens is 1. The number of methoxy groups -OCH3 is 1. The fraction of sp³-hybridized carbons (Fsp3) is 0.412. The minimum absolute atomic E-state index is 0.0793. The number of rotatable bonds is 9. The molecule has 0 atom stereocenters. The SMILES string of the molecule is COc1cc(NC(=O)CCN(CCCl)CCCl)c2ncccc2c1. The molecule has 1 amide bonds. The molecule has 0 aliphatic rings. The fourth-order valence-corrected chi connectivity index (χ4v) is 2.90. The van der Waals surface area contributed by atoms with Crippen LogP contribution in [0, 0.1) is 0 Å². The molecule has 130 valence electrons. The van der Waals surface area contributed by atoms with Crippen molar-refractivity contribution in [2.24, 2.45) is 0 Å². The first-order valence-corrected chi connectivity index (χ1v) is 8.81. The molecule has 2 aromatic rings. The second kappa shape index (κ2) is 9.67. The number of alkyl halides is 2. The van der Waals surface area contributed by atoms with E-state index in [0.29, 0.717) is 49.3 Å². The Morgan fingerprint density at radius 3 is 2.67 bits per heavy atom. The van der Waals surface area contributed by atoms with Crippen LogP contribution in [0.15, 0.2) is 30.5 Å². The number of anilines is 1. The van der Waals surface area contributed by atoms with Gasteiger partial charge in [0.25, 0.3) is 0 Å². The average Bonchev–Trinajstić information content (AvgIpc) is 2.60. The molecule has 0 aliphatic heterocycles. The first-order chi connectivity index (χ1) is 11.7. The third kappa shape index (κ3) is 5.23. The second-order valence-corrected chi connectivity index (χ2v) is 6.02. The molecule has 1 aromatic heterocycles. The van der Waals surface area contributed by atoms with Crippen molar-refractivity contribution in [1.29, 1.82) is 0 Å². The molecule has 2 rings (SSSR count). The van der Waals surface area contributed by atoms with Gasteiger partial charge in [-0.25, -0.2) is 0 Å². The van der Waals surface area contributed by atoms with E-state index in [1.807, 2.05) is 18.2 Å². The van der Waals surface area contributed by atoms with Crippen molar-refractivity contribution in [3.8, 4) is 5.75 Å². The van der Waals surface area contributed by atoms with E-state index in [2.05, 4.69) is 15.2 Å². The molecule has 0 saturated carbocycles. The summed E-state index contributed by atoms with van der Waals surface area (Å²) in [6, 6.07) is 7.45. The maximum atomic E-state index is 12.3. The monoisotopic (exact) mass is 369 g/mol. The number of carbonyl (C=O) groups is 1. The molecule has 1 aromatic carbocycles. The highest BCUT2D eigenvalue weighted by Crippen LogP contribution is 2.27. The Morgan fingerprint density at radius 2 is 2.00 bits per heavy atom. The number of halogens is 2. The second-order valence-electron chi connectivity index (χ2n) is 5.27. The average molecular weight is 370 g/mol. The summed E-state index contributed by atoms with van der Waals surface area (Å²) in [6.07, 6.45) is 2.06. The predicted octanol–water partition coefficient (Wildman–Crippen LogP) is 3.35. The predicted molar refractivity (Wildman–Crippen MR) is 99.4 cm³/mol. The maximum Gasteiger partial charge on any atom is 0.225 e. The number of nitrogens with one attached hydrogen (secondary N) is 1. The van der Waals surface area contributed by atoms with Crippen LogP contribution in [0.2, 0.25) is 0 Å².